The first kappa shape index (κ1) is 63.0. The highest BCUT2D eigenvalue weighted by molar-refractivity contribution is 8.54. The lowest BCUT2D eigenvalue weighted by Crippen LogP contribution is -2.51. The molecule has 6 aromatic heterocycles. The van der Waals surface area contributed by atoms with Gasteiger partial charge in [0.05, 0.1) is 38.8 Å². The Balaban J connectivity index is 0.817. The van der Waals surface area contributed by atoms with E-state index in [-0.39, 0.29) is 82.8 Å². The second-order valence-electron chi connectivity index (χ2n) is 20.4. The number of anilines is 3. The summed E-state index contributed by atoms with van der Waals surface area (Å²) in [6, 6.07) is 0. The predicted octanol–water partition coefficient (Wildman–Crippen LogP) is 2.77. The van der Waals surface area contributed by atoms with E-state index in [4.69, 9.17) is 68.2 Å². The first-order chi connectivity index (χ1) is 40.7. The molecule has 11 N–H and O–H groups in total. The van der Waals surface area contributed by atoms with Gasteiger partial charge in [-0.25, -0.2) is 58.6 Å². The Kier molecular flexibility index (Phi) is 19.8. The molecular formula is C46H66N15O20P3S. The van der Waals surface area contributed by atoms with Gasteiger partial charge in [-0.1, -0.05) is 45.4 Å². The summed E-state index contributed by atoms with van der Waals surface area (Å²) in [7, 11) is -9.52. The number of methoxy groups -OCH3 is 1. The molecular weight excluding hydrogens is 1210 g/mol. The highest BCUT2D eigenvalue weighted by Gasteiger charge is 2.60. The number of esters is 1. The number of unbranched alkanes of at least 4 members (excludes halogenated alkanes) is 6. The minimum atomic E-state index is -5.39. The second-order valence-corrected chi connectivity index (χ2v) is 27.2. The van der Waals surface area contributed by atoms with Gasteiger partial charge in [0.2, 0.25) is 0 Å². The van der Waals surface area contributed by atoms with E-state index in [0.717, 1.165) is 44.8 Å². The molecule has 6 aromatic rings. The number of imidazole rings is 3. The Morgan fingerprint density at radius 3 is 1.81 bits per heavy atom. The highest BCUT2D eigenvalue weighted by Crippen LogP contribution is 2.57. The van der Waals surface area contributed by atoms with Crippen molar-refractivity contribution in [3.8, 4) is 0 Å². The molecule has 10 heterocycles. The molecule has 0 bridgehead atoms. The summed E-state index contributed by atoms with van der Waals surface area (Å²) in [4.78, 5) is 83.4. The maximum Gasteiger partial charge on any atom is 0.472 e. The van der Waals surface area contributed by atoms with Gasteiger partial charge in [0.15, 0.2) is 53.1 Å². The number of nitrogens with two attached hydrogens (primary N) is 3. The van der Waals surface area contributed by atoms with E-state index < -0.39 is 121 Å². The lowest BCUT2D eigenvalue weighted by atomic mass is 9.89. The number of nitrogen functional groups attached to an aromatic ring is 3. The van der Waals surface area contributed by atoms with Crippen molar-refractivity contribution in [1.29, 1.82) is 0 Å². The van der Waals surface area contributed by atoms with Gasteiger partial charge in [0.25, 0.3) is 0 Å². The van der Waals surface area contributed by atoms with Crippen LogP contribution in [0.25, 0.3) is 33.5 Å². The van der Waals surface area contributed by atoms with Gasteiger partial charge in [-0.3, -0.25) is 41.1 Å². The van der Waals surface area contributed by atoms with Crippen LogP contribution in [0.5, 0.6) is 0 Å². The summed E-state index contributed by atoms with van der Waals surface area (Å²) in [5, 5.41) is 23.5. The van der Waals surface area contributed by atoms with Crippen LogP contribution in [0, 0.1) is 0 Å². The topological polar surface area (TPSA) is 480 Å². The van der Waals surface area contributed by atoms with Crippen LogP contribution in [0.1, 0.15) is 89.8 Å². The van der Waals surface area contributed by atoms with E-state index in [1.54, 1.807) is 0 Å². The zero-order chi connectivity index (χ0) is 60.3. The Labute approximate surface area is 487 Å². The van der Waals surface area contributed by atoms with Crippen LogP contribution in [-0.4, -0.2) is 190 Å². The number of rotatable bonds is 29. The van der Waals surface area contributed by atoms with Crippen molar-refractivity contribution >= 4 is 90.7 Å². The molecule has 35 nitrogen and oxygen atoms in total. The number of carbonyl (C=O) groups excluding carboxylic acids is 1. The van der Waals surface area contributed by atoms with Gasteiger partial charge in [-0.2, -0.15) is 0 Å². The average Bonchev–Trinajstić information content (AvgIpc) is 1.81. The second kappa shape index (κ2) is 26.7. The van der Waals surface area contributed by atoms with E-state index in [1.807, 2.05) is 0 Å². The molecule has 39 heteroatoms. The quantitative estimate of drug-likeness (QED) is 0.0190. The number of ether oxygens (including phenoxy) is 6. The van der Waals surface area contributed by atoms with Gasteiger partial charge in [0, 0.05) is 25.9 Å². The monoisotopic (exact) mass is 1270 g/mol. The lowest BCUT2D eigenvalue weighted by molar-refractivity contribution is -0.165. The van der Waals surface area contributed by atoms with Gasteiger partial charge < -0.3 is 70.5 Å². The standard InChI is InChI=1S/C46H66N15O20P3S/c1-3-4-5-6-7-8-9-11-27(62)72-14-15-85-84(69,70)75-17-26-33(71-2)35(45(78-26)61-24-58-30-39(49)52-21-55-42(30)61)81-82(65,66)74-16-25-31(63)34(44(77-25)60-23-57-29-38(48)51-20-54-41(29)60)80-83(67,68)76-18-46-12-10-13-73-36(46)32(64)43(79-46)59-22-56-28-37(47)50-19-53-40(28)59/h19-26,31-36,43-45,63-64H,3-18H2,1-2H3,(H,65,66)(H,67,68)(H,69,70)(H2,47,50,53)(H2,48,51,54)(H2,49,52,55)/t25-,26-,31?,32?,33?,34?,35?,36?,43-,44-,45-,46-/m1/s1. The van der Waals surface area contributed by atoms with Crippen molar-refractivity contribution in [3.05, 3.63) is 38.0 Å². The number of aliphatic hydroxyl groups is 2. The molecule has 4 aliphatic heterocycles. The molecule has 15 atom stereocenters. The smallest absolute Gasteiger partial charge is 0.465 e. The fraction of sp³-hybridized carbons (Fsp3) is 0.652. The molecule has 9 unspecified atom stereocenters. The zero-order valence-corrected chi connectivity index (χ0v) is 49.3. The van der Waals surface area contributed by atoms with Crippen LogP contribution in [0.4, 0.5) is 17.5 Å². The number of phosphoric ester groups is 2. The summed E-state index contributed by atoms with van der Waals surface area (Å²) in [6.07, 6.45) is -1.36. The Morgan fingerprint density at radius 2 is 1.21 bits per heavy atom. The molecule has 85 heavy (non-hydrogen) atoms. The summed E-state index contributed by atoms with van der Waals surface area (Å²) >= 11 is 0.511. The van der Waals surface area contributed by atoms with Crippen LogP contribution >= 0.6 is 33.8 Å². The van der Waals surface area contributed by atoms with Gasteiger partial charge >= 0.3 is 28.4 Å². The van der Waals surface area contributed by atoms with Gasteiger partial charge in [-0.05, 0) is 30.6 Å². The van der Waals surface area contributed by atoms with E-state index in [9.17, 15) is 43.4 Å². The third-order valence-electron chi connectivity index (χ3n) is 14.7. The Hall–Kier alpha value is -5.04. The Morgan fingerprint density at radius 1 is 0.682 bits per heavy atom. The van der Waals surface area contributed by atoms with Gasteiger partial charge in [0.1, 0.15) is 96.6 Å². The van der Waals surface area contributed by atoms with Crippen molar-refractivity contribution in [3.63, 3.8) is 0 Å². The molecule has 0 aliphatic carbocycles. The van der Waals surface area contributed by atoms with Crippen LogP contribution in [0.3, 0.4) is 0 Å². The third kappa shape index (κ3) is 14.0. The fourth-order valence-corrected chi connectivity index (χ4v) is 14.7. The van der Waals surface area contributed by atoms with Crippen molar-refractivity contribution in [2.24, 2.45) is 0 Å². The van der Waals surface area contributed by atoms with Crippen molar-refractivity contribution in [2.75, 3.05) is 63.1 Å². The largest absolute Gasteiger partial charge is 0.472 e. The zero-order valence-electron chi connectivity index (χ0n) is 45.8. The Bertz CT molecular complexity index is 3450. The molecule has 0 amide bonds. The van der Waals surface area contributed by atoms with Crippen molar-refractivity contribution in [1.82, 2.24) is 58.6 Å². The van der Waals surface area contributed by atoms with E-state index in [0.29, 0.717) is 24.2 Å². The van der Waals surface area contributed by atoms with Crippen LogP contribution in [-0.2, 0) is 69.5 Å². The summed E-state index contributed by atoms with van der Waals surface area (Å²) in [5.41, 5.74) is 17.4. The molecule has 10 rings (SSSR count). The minimum Gasteiger partial charge on any atom is -0.465 e. The van der Waals surface area contributed by atoms with Crippen molar-refractivity contribution in [2.45, 2.75) is 144 Å². The number of phosphoric acid groups is 2. The fourth-order valence-electron chi connectivity index (χ4n) is 10.6. The maximum absolute atomic E-state index is 14.2. The summed E-state index contributed by atoms with van der Waals surface area (Å²) in [6.45, 7) is -4.58. The molecule has 0 saturated carbocycles. The highest BCUT2D eigenvalue weighted by atomic mass is 32.7. The lowest BCUT2D eigenvalue weighted by Gasteiger charge is -2.38. The maximum atomic E-state index is 14.2. The van der Waals surface area contributed by atoms with Crippen LogP contribution in [0.15, 0.2) is 38.0 Å². The third-order valence-corrected chi connectivity index (χ3v) is 19.7. The van der Waals surface area contributed by atoms with E-state index in [1.165, 1.54) is 52.5 Å². The van der Waals surface area contributed by atoms with E-state index in [2.05, 4.69) is 51.8 Å². The predicted molar refractivity (Wildman–Crippen MR) is 295 cm³/mol. The number of fused-ring (bicyclic) bond motifs is 4. The average molecular weight is 1270 g/mol. The summed E-state index contributed by atoms with van der Waals surface area (Å²) < 4.78 is 109. The molecule has 0 aromatic carbocycles. The molecule has 0 radical (unpaired) electrons. The number of carbonyl (C=O) groups is 1. The van der Waals surface area contributed by atoms with Crippen LogP contribution in [0.2, 0.25) is 0 Å². The summed E-state index contributed by atoms with van der Waals surface area (Å²) in [5.74, 6) is -0.509. The first-order valence-corrected chi connectivity index (χ1v) is 33.3. The number of hydrogen-bond acceptors (Lipinski definition) is 30. The van der Waals surface area contributed by atoms with Crippen LogP contribution < -0.4 is 17.2 Å². The number of hydrogen-bond donors (Lipinski definition) is 8. The molecule has 4 fully saturated rings. The SMILES string of the molecule is CCCCCCCCCC(=O)OCCSP(=O)(O)OC[C@H]1O[C@@H](n2cnc3c(N)ncnc32)C(OP(=O)(O)OC[C@H]2O[C@@H](n3cnc4c(N)ncnc43)C(OP(=O)(O)OC[C@]34CCCOC3C(O)[C@H](n3cnc5c(N)ncnc53)O4)C2O)C1OC. The number of aromatic nitrogens is 12. The number of aliphatic hydroxyl groups excluding tert-OH is 2. The molecule has 4 saturated heterocycles. The molecule has 466 valence electrons. The molecule has 4 aliphatic rings. The minimum absolute atomic E-state index is 0.0192. The normalized spacial score (nSPS) is 29.1. The first-order valence-electron chi connectivity index (χ1n) is 27.1. The van der Waals surface area contributed by atoms with E-state index >= 15 is 0 Å². The molecule has 0 spiro atoms. The van der Waals surface area contributed by atoms with Gasteiger partial charge in [-0.15, -0.1) is 0 Å². The number of nitrogens with zero attached hydrogens (tertiary/aromatic N) is 12. The van der Waals surface area contributed by atoms with Crippen molar-refractivity contribution < 1.29 is 94.4 Å².